The van der Waals surface area contributed by atoms with Gasteiger partial charge in [0.15, 0.2) is 0 Å². The number of carbonyl (C=O) groups is 1. The summed E-state index contributed by atoms with van der Waals surface area (Å²) in [4.78, 5) is 16.3. The standard InChI is InChI=1S/C17H27N3O2/c1-19-10-5-11-20(13-12-19)17(21)18-9-4-7-15-6-3-8-16(14-15)22-2/h3,6,8,14H,4-5,7,9-13H2,1-2H3,(H,18,21). The minimum atomic E-state index is 0.0703. The molecule has 5 nitrogen and oxygen atoms in total. The molecule has 1 saturated heterocycles. The number of nitrogens with one attached hydrogen (secondary N) is 1. The van der Waals surface area contributed by atoms with Crippen LogP contribution in [0.3, 0.4) is 0 Å². The van der Waals surface area contributed by atoms with E-state index >= 15 is 0 Å². The third-order valence-corrected chi connectivity index (χ3v) is 4.06. The van der Waals surface area contributed by atoms with E-state index in [0.29, 0.717) is 6.54 Å². The van der Waals surface area contributed by atoms with Gasteiger partial charge in [0.25, 0.3) is 0 Å². The number of benzene rings is 1. The molecule has 0 aromatic heterocycles. The summed E-state index contributed by atoms with van der Waals surface area (Å²) in [6.45, 7) is 4.41. The van der Waals surface area contributed by atoms with E-state index in [9.17, 15) is 4.79 Å². The van der Waals surface area contributed by atoms with E-state index in [1.807, 2.05) is 23.1 Å². The lowest BCUT2D eigenvalue weighted by Crippen LogP contribution is -2.42. The molecule has 1 aromatic carbocycles. The smallest absolute Gasteiger partial charge is 0.317 e. The largest absolute Gasteiger partial charge is 0.497 e. The zero-order valence-electron chi connectivity index (χ0n) is 13.7. The van der Waals surface area contributed by atoms with Crippen molar-refractivity contribution in [1.29, 1.82) is 0 Å². The minimum absolute atomic E-state index is 0.0703. The van der Waals surface area contributed by atoms with Crippen molar-refractivity contribution >= 4 is 6.03 Å². The number of hydrogen-bond donors (Lipinski definition) is 1. The summed E-state index contributed by atoms with van der Waals surface area (Å²) in [7, 11) is 3.79. The zero-order chi connectivity index (χ0) is 15.8. The Balaban J connectivity index is 1.68. The maximum absolute atomic E-state index is 12.1. The number of ether oxygens (including phenoxy) is 1. The minimum Gasteiger partial charge on any atom is -0.497 e. The number of carbonyl (C=O) groups excluding carboxylic acids is 1. The van der Waals surface area contributed by atoms with Gasteiger partial charge in [0, 0.05) is 26.2 Å². The fraction of sp³-hybridized carbons (Fsp3) is 0.588. The van der Waals surface area contributed by atoms with Gasteiger partial charge in [-0.15, -0.1) is 0 Å². The molecule has 1 N–H and O–H groups in total. The predicted octanol–water partition coefficient (Wildman–Crippen LogP) is 1.97. The summed E-state index contributed by atoms with van der Waals surface area (Å²) in [5, 5.41) is 3.03. The van der Waals surface area contributed by atoms with Crippen LogP contribution in [0.15, 0.2) is 24.3 Å². The van der Waals surface area contributed by atoms with Crippen molar-refractivity contribution in [2.45, 2.75) is 19.3 Å². The number of urea groups is 1. The topological polar surface area (TPSA) is 44.8 Å². The van der Waals surface area contributed by atoms with Crippen molar-refractivity contribution in [1.82, 2.24) is 15.1 Å². The van der Waals surface area contributed by atoms with Crippen LogP contribution < -0.4 is 10.1 Å². The summed E-state index contributed by atoms with van der Waals surface area (Å²) in [5.41, 5.74) is 1.24. The van der Waals surface area contributed by atoms with Gasteiger partial charge in [-0.1, -0.05) is 12.1 Å². The lowest BCUT2D eigenvalue weighted by atomic mass is 10.1. The third-order valence-electron chi connectivity index (χ3n) is 4.06. The van der Waals surface area contributed by atoms with Crippen molar-refractivity contribution in [2.24, 2.45) is 0 Å². The highest BCUT2D eigenvalue weighted by atomic mass is 16.5. The lowest BCUT2D eigenvalue weighted by molar-refractivity contribution is 0.199. The van der Waals surface area contributed by atoms with Crippen LogP contribution in [0.1, 0.15) is 18.4 Å². The highest BCUT2D eigenvalue weighted by Gasteiger charge is 2.16. The van der Waals surface area contributed by atoms with Gasteiger partial charge in [-0.05, 0) is 50.6 Å². The molecule has 0 unspecified atom stereocenters. The molecule has 0 bridgehead atoms. The second-order valence-electron chi connectivity index (χ2n) is 5.83. The SMILES string of the molecule is COc1cccc(CCCNC(=O)N2CCCN(C)CC2)c1. The summed E-state index contributed by atoms with van der Waals surface area (Å²) in [6.07, 6.45) is 2.93. The molecule has 1 fully saturated rings. The Hall–Kier alpha value is -1.75. The highest BCUT2D eigenvalue weighted by Crippen LogP contribution is 2.13. The first-order valence-electron chi connectivity index (χ1n) is 8.03. The van der Waals surface area contributed by atoms with Crippen molar-refractivity contribution in [2.75, 3.05) is 46.9 Å². The van der Waals surface area contributed by atoms with E-state index in [4.69, 9.17) is 4.74 Å². The average molecular weight is 305 g/mol. The Kier molecular flexibility index (Phi) is 6.52. The van der Waals surface area contributed by atoms with Crippen molar-refractivity contribution in [3.05, 3.63) is 29.8 Å². The molecule has 0 radical (unpaired) electrons. The molecular formula is C17H27N3O2. The van der Waals surface area contributed by atoms with Crippen LogP contribution in [0.25, 0.3) is 0 Å². The molecule has 1 aliphatic rings. The van der Waals surface area contributed by atoms with Crippen molar-refractivity contribution in [3.63, 3.8) is 0 Å². The Morgan fingerprint density at radius 3 is 2.95 bits per heavy atom. The van der Waals surface area contributed by atoms with Gasteiger partial charge in [-0.2, -0.15) is 0 Å². The monoisotopic (exact) mass is 305 g/mol. The summed E-state index contributed by atoms with van der Waals surface area (Å²) < 4.78 is 5.22. The fourth-order valence-electron chi connectivity index (χ4n) is 2.68. The molecule has 0 atom stereocenters. The van der Waals surface area contributed by atoms with Gasteiger partial charge in [0.1, 0.15) is 5.75 Å². The number of rotatable bonds is 5. The molecular weight excluding hydrogens is 278 g/mol. The van der Waals surface area contributed by atoms with E-state index in [0.717, 1.165) is 51.2 Å². The van der Waals surface area contributed by atoms with E-state index < -0.39 is 0 Å². The van der Waals surface area contributed by atoms with Crippen molar-refractivity contribution in [3.8, 4) is 5.75 Å². The second-order valence-corrected chi connectivity index (χ2v) is 5.83. The van der Waals surface area contributed by atoms with E-state index in [1.165, 1.54) is 5.56 Å². The van der Waals surface area contributed by atoms with Gasteiger partial charge < -0.3 is 19.9 Å². The Morgan fingerprint density at radius 1 is 1.27 bits per heavy atom. The summed E-state index contributed by atoms with van der Waals surface area (Å²) in [6, 6.07) is 8.16. The number of amides is 2. The first kappa shape index (κ1) is 16.6. The zero-order valence-corrected chi connectivity index (χ0v) is 13.7. The number of likely N-dealkylation sites (N-methyl/N-ethyl adjacent to an activating group) is 1. The van der Waals surface area contributed by atoms with Crippen LogP contribution in [0.4, 0.5) is 4.79 Å². The van der Waals surface area contributed by atoms with E-state index in [1.54, 1.807) is 7.11 Å². The van der Waals surface area contributed by atoms with Crippen LogP contribution >= 0.6 is 0 Å². The molecule has 0 saturated carbocycles. The third kappa shape index (κ3) is 5.22. The first-order valence-corrected chi connectivity index (χ1v) is 8.03. The summed E-state index contributed by atoms with van der Waals surface area (Å²) in [5.74, 6) is 0.884. The maximum atomic E-state index is 12.1. The van der Waals surface area contributed by atoms with Gasteiger partial charge in [0.2, 0.25) is 0 Å². The molecule has 0 spiro atoms. The van der Waals surface area contributed by atoms with Crippen molar-refractivity contribution < 1.29 is 9.53 Å². The molecule has 122 valence electrons. The van der Waals surface area contributed by atoms with E-state index in [-0.39, 0.29) is 6.03 Å². The Bertz CT molecular complexity index is 479. The molecule has 1 heterocycles. The summed E-state index contributed by atoms with van der Waals surface area (Å²) >= 11 is 0. The normalized spacial score (nSPS) is 16.2. The molecule has 1 aromatic rings. The van der Waals surface area contributed by atoms with Gasteiger partial charge >= 0.3 is 6.03 Å². The molecule has 2 amide bonds. The molecule has 0 aliphatic carbocycles. The van der Waals surface area contributed by atoms with Crippen LogP contribution in [-0.2, 0) is 6.42 Å². The number of nitrogens with zero attached hydrogens (tertiary/aromatic N) is 2. The quantitative estimate of drug-likeness (QED) is 0.846. The Morgan fingerprint density at radius 2 is 2.14 bits per heavy atom. The number of hydrogen-bond acceptors (Lipinski definition) is 3. The number of methoxy groups -OCH3 is 1. The molecule has 5 heteroatoms. The number of aryl methyl sites for hydroxylation is 1. The lowest BCUT2D eigenvalue weighted by Gasteiger charge is -2.21. The predicted molar refractivity (Wildman–Crippen MR) is 88.4 cm³/mol. The highest BCUT2D eigenvalue weighted by molar-refractivity contribution is 5.74. The average Bonchev–Trinajstić information content (AvgIpc) is 2.76. The van der Waals surface area contributed by atoms with Gasteiger partial charge in [-0.3, -0.25) is 0 Å². The van der Waals surface area contributed by atoms with Crippen LogP contribution in [0.5, 0.6) is 5.75 Å². The van der Waals surface area contributed by atoms with Crippen LogP contribution in [0, 0.1) is 0 Å². The van der Waals surface area contributed by atoms with E-state index in [2.05, 4.69) is 23.3 Å². The fourth-order valence-corrected chi connectivity index (χ4v) is 2.68. The second kappa shape index (κ2) is 8.63. The molecule has 22 heavy (non-hydrogen) atoms. The van der Waals surface area contributed by atoms with Crippen LogP contribution in [0.2, 0.25) is 0 Å². The van der Waals surface area contributed by atoms with Gasteiger partial charge in [0.05, 0.1) is 7.11 Å². The molecule has 1 aliphatic heterocycles. The van der Waals surface area contributed by atoms with Gasteiger partial charge in [-0.25, -0.2) is 4.79 Å². The molecule has 2 rings (SSSR count). The Labute approximate surface area is 133 Å². The first-order chi connectivity index (χ1) is 10.7. The maximum Gasteiger partial charge on any atom is 0.317 e. The van der Waals surface area contributed by atoms with Crippen LogP contribution in [-0.4, -0.2) is 62.7 Å².